The van der Waals surface area contributed by atoms with Gasteiger partial charge in [-0.15, -0.1) is 0 Å². The second kappa shape index (κ2) is 6.19. The van der Waals surface area contributed by atoms with Crippen LogP contribution < -0.4 is 5.32 Å². The molecule has 1 N–H and O–H groups in total. The number of likely N-dealkylation sites (N-methyl/N-ethyl adjacent to an activating group) is 1. The standard InChI is InChI=1S/C14H16ClN/c1-4-6-13(14(5-2)16-3)11-7-9-12(15)10-8-11/h4-10,16H,2H2,1,3H3/b6-4-,14-13+. The van der Waals surface area contributed by atoms with Crippen LogP contribution in [0.25, 0.3) is 5.57 Å². The predicted octanol–water partition coefficient (Wildman–Crippen LogP) is 4.03. The first kappa shape index (κ1) is 12.6. The summed E-state index contributed by atoms with van der Waals surface area (Å²) in [5.41, 5.74) is 3.23. The first-order valence-corrected chi connectivity index (χ1v) is 5.53. The van der Waals surface area contributed by atoms with Crippen molar-refractivity contribution in [3.63, 3.8) is 0 Å². The SMILES string of the molecule is C=C/C(NC)=C(/C=C\C)c1ccc(Cl)cc1. The molecule has 0 aliphatic carbocycles. The van der Waals surface area contributed by atoms with Crippen LogP contribution in [0.15, 0.2) is 54.8 Å². The number of benzene rings is 1. The topological polar surface area (TPSA) is 12.0 Å². The third kappa shape index (κ3) is 3.01. The Morgan fingerprint density at radius 2 is 1.94 bits per heavy atom. The molecule has 16 heavy (non-hydrogen) atoms. The van der Waals surface area contributed by atoms with Gasteiger partial charge in [-0.05, 0) is 30.7 Å². The number of allylic oxidation sites excluding steroid dienone is 4. The molecule has 0 heterocycles. The molecule has 0 aromatic heterocycles. The third-order valence-corrected chi connectivity index (χ3v) is 2.50. The maximum Gasteiger partial charge on any atom is 0.0411 e. The first-order valence-electron chi connectivity index (χ1n) is 5.16. The maximum absolute atomic E-state index is 5.87. The van der Waals surface area contributed by atoms with Gasteiger partial charge in [0.05, 0.1) is 0 Å². The molecule has 0 amide bonds. The van der Waals surface area contributed by atoms with Gasteiger partial charge in [-0.25, -0.2) is 0 Å². The average molecular weight is 234 g/mol. The molecule has 2 heteroatoms. The van der Waals surface area contributed by atoms with Crippen LogP contribution in [0.4, 0.5) is 0 Å². The van der Waals surface area contributed by atoms with Gasteiger partial charge in [0.15, 0.2) is 0 Å². The molecule has 1 aromatic rings. The number of nitrogens with one attached hydrogen (secondary N) is 1. The van der Waals surface area contributed by atoms with E-state index in [1.165, 1.54) is 0 Å². The fourth-order valence-electron chi connectivity index (χ4n) is 1.48. The Balaban J connectivity index is 3.27. The number of halogens is 1. The molecular weight excluding hydrogens is 218 g/mol. The van der Waals surface area contributed by atoms with E-state index in [1.54, 1.807) is 0 Å². The Kier molecular flexibility index (Phi) is 4.87. The molecule has 0 atom stereocenters. The van der Waals surface area contributed by atoms with Gasteiger partial charge >= 0.3 is 0 Å². The molecule has 0 aliphatic rings. The van der Waals surface area contributed by atoms with Gasteiger partial charge in [0.2, 0.25) is 0 Å². The highest BCUT2D eigenvalue weighted by molar-refractivity contribution is 6.30. The summed E-state index contributed by atoms with van der Waals surface area (Å²) >= 11 is 5.87. The van der Waals surface area contributed by atoms with Crippen LogP contribution in [0, 0.1) is 0 Å². The van der Waals surface area contributed by atoms with Crippen LogP contribution in [-0.2, 0) is 0 Å². The molecule has 1 rings (SSSR count). The highest BCUT2D eigenvalue weighted by Gasteiger charge is 2.02. The summed E-state index contributed by atoms with van der Waals surface area (Å²) in [6, 6.07) is 7.77. The van der Waals surface area contributed by atoms with Gasteiger partial charge in [-0.1, -0.05) is 42.5 Å². The van der Waals surface area contributed by atoms with Crippen LogP contribution in [-0.4, -0.2) is 7.05 Å². The van der Waals surface area contributed by atoms with Gasteiger partial charge in [-0.2, -0.15) is 0 Å². The Bertz CT molecular complexity index is 413. The lowest BCUT2D eigenvalue weighted by Gasteiger charge is -2.09. The zero-order chi connectivity index (χ0) is 12.0. The Labute approximate surface area is 102 Å². The van der Waals surface area contributed by atoms with Crippen molar-refractivity contribution in [2.24, 2.45) is 0 Å². The van der Waals surface area contributed by atoms with Crippen LogP contribution >= 0.6 is 11.6 Å². The molecule has 0 fully saturated rings. The molecule has 0 unspecified atom stereocenters. The number of rotatable bonds is 4. The van der Waals surface area contributed by atoms with Crippen LogP contribution in [0.3, 0.4) is 0 Å². The van der Waals surface area contributed by atoms with E-state index in [9.17, 15) is 0 Å². The molecule has 1 nitrogen and oxygen atoms in total. The van der Waals surface area contributed by atoms with Crippen molar-refractivity contribution in [1.82, 2.24) is 5.32 Å². The predicted molar refractivity (Wildman–Crippen MR) is 72.4 cm³/mol. The summed E-state index contributed by atoms with van der Waals surface area (Å²) in [6.07, 6.45) is 5.87. The summed E-state index contributed by atoms with van der Waals surface area (Å²) in [6.45, 7) is 5.79. The van der Waals surface area contributed by atoms with Crippen LogP contribution in [0.5, 0.6) is 0 Å². The van der Waals surface area contributed by atoms with Crippen molar-refractivity contribution >= 4 is 17.2 Å². The molecule has 0 spiro atoms. The smallest absolute Gasteiger partial charge is 0.0411 e. The molecule has 0 radical (unpaired) electrons. The second-order valence-electron chi connectivity index (χ2n) is 3.29. The maximum atomic E-state index is 5.87. The highest BCUT2D eigenvalue weighted by atomic mass is 35.5. The second-order valence-corrected chi connectivity index (χ2v) is 3.72. The Morgan fingerprint density at radius 1 is 1.31 bits per heavy atom. The molecule has 1 aromatic carbocycles. The van der Waals surface area contributed by atoms with Gasteiger partial charge in [0.25, 0.3) is 0 Å². The van der Waals surface area contributed by atoms with E-state index in [-0.39, 0.29) is 0 Å². The van der Waals surface area contributed by atoms with E-state index in [0.717, 1.165) is 21.9 Å². The molecule has 84 valence electrons. The molecule has 0 saturated carbocycles. The van der Waals surface area contributed by atoms with Gasteiger partial charge < -0.3 is 5.32 Å². The first-order chi connectivity index (χ1) is 7.72. The summed E-state index contributed by atoms with van der Waals surface area (Å²) < 4.78 is 0. The summed E-state index contributed by atoms with van der Waals surface area (Å²) in [4.78, 5) is 0. The van der Waals surface area contributed by atoms with Crippen LogP contribution in [0.1, 0.15) is 12.5 Å². The zero-order valence-electron chi connectivity index (χ0n) is 9.63. The Morgan fingerprint density at radius 3 is 2.38 bits per heavy atom. The van der Waals surface area contributed by atoms with E-state index < -0.39 is 0 Å². The van der Waals surface area contributed by atoms with Gasteiger partial charge in [0, 0.05) is 23.3 Å². The highest BCUT2D eigenvalue weighted by Crippen LogP contribution is 2.21. The molecular formula is C14H16ClN. The monoisotopic (exact) mass is 233 g/mol. The molecule has 0 bridgehead atoms. The quantitative estimate of drug-likeness (QED) is 0.775. The minimum atomic E-state index is 0.744. The Hall–Kier alpha value is -1.47. The van der Waals surface area contributed by atoms with E-state index in [0.29, 0.717) is 0 Å². The van der Waals surface area contributed by atoms with Crippen molar-refractivity contribution < 1.29 is 0 Å². The molecule has 0 aliphatic heterocycles. The number of hydrogen-bond acceptors (Lipinski definition) is 1. The summed E-state index contributed by atoms with van der Waals surface area (Å²) in [7, 11) is 1.89. The van der Waals surface area contributed by atoms with E-state index in [4.69, 9.17) is 11.6 Å². The van der Waals surface area contributed by atoms with Crippen molar-refractivity contribution in [2.45, 2.75) is 6.92 Å². The van der Waals surface area contributed by atoms with E-state index >= 15 is 0 Å². The van der Waals surface area contributed by atoms with E-state index in [1.807, 2.05) is 50.4 Å². The van der Waals surface area contributed by atoms with Crippen molar-refractivity contribution in [2.75, 3.05) is 7.05 Å². The lowest BCUT2D eigenvalue weighted by atomic mass is 10.0. The van der Waals surface area contributed by atoms with Crippen molar-refractivity contribution in [1.29, 1.82) is 0 Å². The minimum Gasteiger partial charge on any atom is -0.388 e. The van der Waals surface area contributed by atoms with Crippen LogP contribution in [0.2, 0.25) is 5.02 Å². The van der Waals surface area contributed by atoms with E-state index in [2.05, 4.69) is 18.0 Å². The van der Waals surface area contributed by atoms with Gasteiger partial charge in [0.1, 0.15) is 0 Å². The van der Waals surface area contributed by atoms with Gasteiger partial charge in [-0.3, -0.25) is 0 Å². The molecule has 0 saturated heterocycles. The third-order valence-electron chi connectivity index (χ3n) is 2.25. The normalized spacial score (nSPS) is 12.4. The summed E-state index contributed by atoms with van der Waals surface area (Å²) in [5.74, 6) is 0. The average Bonchev–Trinajstić information content (AvgIpc) is 2.31. The lowest BCUT2D eigenvalue weighted by Crippen LogP contribution is -2.05. The lowest BCUT2D eigenvalue weighted by molar-refractivity contribution is 1.04. The largest absolute Gasteiger partial charge is 0.388 e. The summed E-state index contributed by atoms with van der Waals surface area (Å²) in [5, 5.41) is 3.87. The van der Waals surface area contributed by atoms with Crippen molar-refractivity contribution in [3.05, 3.63) is 65.4 Å². The zero-order valence-corrected chi connectivity index (χ0v) is 10.4. The fraction of sp³-hybridized carbons (Fsp3) is 0.143. The van der Waals surface area contributed by atoms with Crippen molar-refractivity contribution in [3.8, 4) is 0 Å². The fourth-order valence-corrected chi connectivity index (χ4v) is 1.61. The number of hydrogen-bond donors (Lipinski definition) is 1. The minimum absolute atomic E-state index is 0.744.